The van der Waals surface area contributed by atoms with E-state index >= 15 is 0 Å². The molecule has 4 heteroatoms. The van der Waals surface area contributed by atoms with Gasteiger partial charge >= 0.3 is 0 Å². The Balaban J connectivity index is 1.28. The summed E-state index contributed by atoms with van der Waals surface area (Å²) in [6, 6.07) is 48.8. The van der Waals surface area contributed by atoms with Gasteiger partial charge in [0, 0.05) is 38.5 Å². The molecular weight excluding hydrogens is 562 g/mol. The first kappa shape index (κ1) is 26.4. The van der Waals surface area contributed by atoms with E-state index in [2.05, 4.69) is 140 Å². The molecule has 0 unspecified atom stereocenters. The highest BCUT2D eigenvalue weighted by Crippen LogP contribution is 2.40. The zero-order chi connectivity index (χ0) is 30.8. The fraction of sp³-hybridized carbons (Fsp3) is 0.0476. The molecule has 4 nitrogen and oxygen atoms in total. The van der Waals surface area contributed by atoms with Crippen molar-refractivity contribution in [2.75, 3.05) is 0 Å². The zero-order valence-corrected chi connectivity index (χ0v) is 25.5. The van der Waals surface area contributed by atoms with Gasteiger partial charge in [0.1, 0.15) is 16.8 Å². The summed E-state index contributed by atoms with van der Waals surface area (Å²) in [6.45, 7) is 4.29. The first-order valence-electron chi connectivity index (χ1n) is 15.6. The Kier molecular flexibility index (Phi) is 5.90. The van der Waals surface area contributed by atoms with E-state index in [0.717, 1.165) is 50.1 Å². The molecule has 0 aliphatic heterocycles. The summed E-state index contributed by atoms with van der Waals surface area (Å²) in [5.74, 6) is 0.664. The molecule has 3 heterocycles. The van der Waals surface area contributed by atoms with Gasteiger partial charge in [0.15, 0.2) is 11.4 Å². The van der Waals surface area contributed by atoms with Crippen LogP contribution in [0.4, 0.5) is 0 Å². The Hall–Kier alpha value is -6.00. The van der Waals surface area contributed by atoms with Gasteiger partial charge in [0.05, 0.1) is 11.0 Å². The average Bonchev–Trinajstić information content (AvgIpc) is 3.66. The van der Waals surface area contributed by atoms with Gasteiger partial charge in [0.2, 0.25) is 0 Å². The maximum absolute atomic E-state index is 6.71. The Morgan fingerprint density at radius 2 is 1.20 bits per heavy atom. The van der Waals surface area contributed by atoms with E-state index < -0.39 is 0 Å². The average molecular weight is 592 g/mol. The van der Waals surface area contributed by atoms with Gasteiger partial charge in [0.25, 0.3) is 0 Å². The summed E-state index contributed by atoms with van der Waals surface area (Å²) >= 11 is 0. The highest BCUT2D eigenvalue weighted by atomic mass is 16.3. The molecule has 0 radical (unpaired) electrons. The topological polar surface area (TPSA) is 43.9 Å². The summed E-state index contributed by atoms with van der Waals surface area (Å²) in [7, 11) is 0. The monoisotopic (exact) mass is 591 g/mol. The van der Waals surface area contributed by atoms with Crippen LogP contribution in [0.2, 0.25) is 0 Å². The fourth-order valence-electron chi connectivity index (χ4n) is 6.91. The van der Waals surface area contributed by atoms with Crippen molar-refractivity contribution in [3.8, 4) is 39.5 Å². The third-order valence-electron chi connectivity index (χ3n) is 9.16. The molecule has 0 fully saturated rings. The maximum atomic E-state index is 6.71. The minimum absolute atomic E-state index is 0.664. The summed E-state index contributed by atoms with van der Waals surface area (Å²) < 4.78 is 9.04. The fourth-order valence-corrected chi connectivity index (χ4v) is 6.91. The maximum Gasteiger partial charge on any atom is 0.180 e. The quantitative estimate of drug-likeness (QED) is 0.204. The Morgan fingerprint density at radius 1 is 0.522 bits per heavy atom. The van der Waals surface area contributed by atoms with Crippen molar-refractivity contribution in [1.29, 1.82) is 0 Å². The molecule has 9 aromatic rings. The standard InChI is InChI=1S/C42H29N3O/c1-26-13-6-7-18-31(26)32-23-24-35-39-41(46-40(35)27(32)2)38(28-14-4-3-5-15-28)43-42(44-39)29-16-12-17-30(25-29)45-36-21-10-8-19-33(36)34-20-9-11-22-37(34)45/h3-25H,1-2H3. The summed E-state index contributed by atoms with van der Waals surface area (Å²) in [6.07, 6.45) is 0. The number of aromatic nitrogens is 3. The highest BCUT2D eigenvalue weighted by molar-refractivity contribution is 6.10. The second-order valence-electron chi connectivity index (χ2n) is 11.9. The number of rotatable bonds is 4. The third-order valence-corrected chi connectivity index (χ3v) is 9.16. The van der Waals surface area contributed by atoms with E-state index in [1.165, 1.54) is 32.9 Å². The molecule has 0 spiro atoms. The summed E-state index contributed by atoms with van der Waals surface area (Å²) in [5.41, 5.74) is 13.2. The summed E-state index contributed by atoms with van der Waals surface area (Å²) in [4.78, 5) is 10.4. The largest absolute Gasteiger partial charge is 0.452 e. The molecule has 6 aromatic carbocycles. The number of hydrogen-bond acceptors (Lipinski definition) is 3. The lowest BCUT2D eigenvalue weighted by atomic mass is 9.95. The Morgan fingerprint density at radius 3 is 1.96 bits per heavy atom. The first-order chi connectivity index (χ1) is 22.7. The van der Waals surface area contributed by atoms with Gasteiger partial charge in [-0.25, -0.2) is 9.97 Å². The van der Waals surface area contributed by atoms with E-state index in [4.69, 9.17) is 14.4 Å². The molecule has 0 saturated heterocycles. The molecule has 0 saturated carbocycles. The molecule has 46 heavy (non-hydrogen) atoms. The number of para-hydroxylation sites is 2. The number of hydrogen-bond donors (Lipinski definition) is 0. The SMILES string of the molecule is Cc1ccccc1-c1ccc2c(oc3c(-c4ccccc4)nc(-c4cccc(-n5c6ccccc6c6ccccc65)c4)nc32)c1C. The molecule has 9 rings (SSSR count). The molecule has 0 N–H and O–H groups in total. The molecule has 3 aromatic heterocycles. The second-order valence-corrected chi connectivity index (χ2v) is 11.9. The van der Waals surface area contributed by atoms with Gasteiger partial charge < -0.3 is 8.98 Å². The van der Waals surface area contributed by atoms with Crippen LogP contribution in [-0.4, -0.2) is 14.5 Å². The molecule has 0 aliphatic carbocycles. The molecule has 0 bridgehead atoms. The lowest BCUT2D eigenvalue weighted by Gasteiger charge is -2.11. The van der Waals surface area contributed by atoms with Crippen molar-refractivity contribution in [3.05, 3.63) is 151 Å². The number of benzene rings is 6. The molecule has 0 atom stereocenters. The smallest absolute Gasteiger partial charge is 0.180 e. The zero-order valence-electron chi connectivity index (χ0n) is 25.5. The minimum atomic E-state index is 0.664. The van der Waals surface area contributed by atoms with Gasteiger partial charge in [-0.2, -0.15) is 0 Å². The molecule has 0 aliphatic rings. The van der Waals surface area contributed by atoms with Crippen molar-refractivity contribution in [1.82, 2.24) is 14.5 Å². The van der Waals surface area contributed by atoms with Crippen LogP contribution in [-0.2, 0) is 0 Å². The van der Waals surface area contributed by atoms with E-state index in [1.54, 1.807) is 0 Å². The predicted molar refractivity (Wildman–Crippen MR) is 189 cm³/mol. The van der Waals surface area contributed by atoms with Gasteiger partial charge in [-0.15, -0.1) is 0 Å². The third kappa shape index (κ3) is 4.00. The summed E-state index contributed by atoms with van der Waals surface area (Å²) in [5, 5.41) is 3.46. The van der Waals surface area contributed by atoms with E-state index in [-0.39, 0.29) is 0 Å². The normalized spacial score (nSPS) is 11.7. The van der Waals surface area contributed by atoms with Gasteiger partial charge in [-0.05, 0) is 60.9 Å². The first-order valence-corrected chi connectivity index (χ1v) is 15.6. The lowest BCUT2D eigenvalue weighted by molar-refractivity contribution is 0.664. The minimum Gasteiger partial charge on any atom is -0.452 e. The van der Waals surface area contributed by atoms with Gasteiger partial charge in [-0.3, -0.25) is 0 Å². The van der Waals surface area contributed by atoms with E-state index in [0.29, 0.717) is 11.4 Å². The van der Waals surface area contributed by atoms with E-state index in [9.17, 15) is 0 Å². The second kappa shape index (κ2) is 10.3. The van der Waals surface area contributed by atoms with Crippen LogP contribution >= 0.6 is 0 Å². The molecule has 218 valence electrons. The van der Waals surface area contributed by atoms with Crippen LogP contribution in [0.5, 0.6) is 0 Å². The van der Waals surface area contributed by atoms with Crippen molar-refractivity contribution in [3.63, 3.8) is 0 Å². The van der Waals surface area contributed by atoms with Crippen LogP contribution in [0.1, 0.15) is 11.1 Å². The van der Waals surface area contributed by atoms with Crippen molar-refractivity contribution >= 4 is 43.9 Å². The van der Waals surface area contributed by atoms with Crippen molar-refractivity contribution < 1.29 is 4.42 Å². The van der Waals surface area contributed by atoms with Crippen molar-refractivity contribution in [2.45, 2.75) is 13.8 Å². The van der Waals surface area contributed by atoms with Crippen LogP contribution in [0.15, 0.2) is 144 Å². The van der Waals surface area contributed by atoms with Crippen LogP contribution in [0, 0.1) is 13.8 Å². The number of nitrogens with zero attached hydrogens (tertiary/aromatic N) is 3. The Labute approximate surface area is 266 Å². The number of furan rings is 1. The van der Waals surface area contributed by atoms with Crippen LogP contribution in [0.3, 0.4) is 0 Å². The number of fused-ring (bicyclic) bond motifs is 6. The van der Waals surface area contributed by atoms with Crippen LogP contribution in [0.25, 0.3) is 83.3 Å². The Bertz CT molecular complexity index is 2560. The predicted octanol–water partition coefficient (Wildman–Crippen LogP) is 11.1. The lowest BCUT2D eigenvalue weighted by Crippen LogP contribution is -1.97. The van der Waals surface area contributed by atoms with Crippen molar-refractivity contribution in [2.24, 2.45) is 0 Å². The van der Waals surface area contributed by atoms with E-state index in [1.807, 2.05) is 18.2 Å². The van der Waals surface area contributed by atoms with Crippen LogP contribution < -0.4 is 0 Å². The van der Waals surface area contributed by atoms with Gasteiger partial charge in [-0.1, -0.05) is 109 Å². The molecular formula is C42H29N3O. The molecule has 0 amide bonds. The highest BCUT2D eigenvalue weighted by Gasteiger charge is 2.21. The number of aryl methyl sites for hydroxylation is 2.